The molecule has 2 amide bonds. The highest BCUT2D eigenvalue weighted by atomic mass is 32.2. The molecule has 1 aliphatic heterocycles. The van der Waals surface area contributed by atoms with Crippen molar-refractivity contribution in [1.29, 1.82) is 0 Å². The fourth-order valence-corrected chi connectivity index (χ4v) is 4.49. The number of nitrogens with zero attached hydrogens (tertiary/aromatic N) is 2. The molecule has 2 aromatic carbocycles. The Labute approximate surface area is 183 Å². The summed E-state index contributed by atoms with van der Waals surface area (Å²) in [4.78, 5) is 16.8. The van der Waals surface area contributed by atoms with Crippen LogP contribution in [0.4, 0.5) is 10.5 Å². The first-order valence-electron chi connectivity index (χ1n) is 10.2. The average molecular weight is 430 g/mol. The first-order chi connectivity index (χ1) is 14.6. The number of nitrogens with one attached hydrogen (secondary N) is 1. The molecule has 0 radical (unpaired) electrons. The van der Waals surface area contributed by atoms with Crippen LogP contribution in [0.15, 0.2) is 54.6 Å². The molecule has 0 aromatic heterocycles. The largest absolute Gasteiger partial charge is 0.491 e. The van der Waals surface area contributed by atoms with Crippen molar-refractivity contribution >= 4 is 23.5 Å². The van der Waals surface area contributed by atoms with E-state index in [0.29, 0.717) is 31.1 Å². The third kappa shape index (κ3) is 6.39. The molecule has 2 atom stereocenters. The quantitative estimate of drug-likeness (QED) is 0.615. The van der Waals surface area contributed by atoms with E-state index in [1.54, 1.807) is 0 Å². The van der Waals surface area contributed by atoms with Crippen molar-refractivity contribution < 1.29 is 14.3 Å². The summed E-state index contributed by atoms with van der Waals surface area (Å²) in [5, 5.41) is 3.46. The molecule has 0 aliphatic carbocycles. The topological polar surface area (TPSA) is 54.0 Å². The van der Waals surface area contributed by atoms with Crippen molar-refractivity contribution in [3.63, 3.8) is 0 Å². The van der Waals surface area contributed by atoms with E-state index in [1.165, 1.54) is 0 Å². The minimum atomic E-state index is -0.0484. The Morgan fingerprint density at radius 3 is 2.63 bits per heavy atom. The van der Waals surface area contributed by atoms with Gasteiger partial charge in [0.1, 0.15) is 12.4 Å². The van der Waals surface area contributed by atoms with E-state index in [4.69, 9.17) is 9.47 Å². The molecule has 6 nitrogen and oxygen atoms in total. The molecule has 2 aromatic rings. The van der Waals surface area contributed by atoms with E-state index in [0.717, 1.165) is 30.1 Å². The Morgan fingerprint density at radius 1 is 1.13 bits per heavy atom. The van der Waals surface area contributed by atoms with Gasteiger partial charge in [-0.05, 0) is 50.2 Å². The van der Waals surface area contributed by atoms with Gasteiger partial charge in [-0.3, -0.25) is 0 Å². The maximum absolute atomic E-state index is 12.7. The molecule has 0 saturated carbocycles. The molecule has 1 heterocycles. The van der Waals surface area contributed by atoms with Gasteiger partial charge in [-0.2, -0.15) is 11.8 Å². The lowest BCUT2D eigenvalue weighted by molar-refractivity contribution is 0.0889. The zero-order valence-electron chi connectivity index (χ0n) is 17.9. The number of hydrogen-bond donors (Lipinski definition) is 1. The third-order valence-electron chi connectivity index (χ3n) is 5.18. The summed E-state index contributed by atoms with van der Waals surface area (Å²) < 4.78 is 11.3. The Morgan fingerprint density at radius 2 is 1.93 bits per heavy atom. The molecule has 162 valence electrons. The van der Waals surface area contributed by atoms with E-state index in [9.17, 15) is 4.79 Å². The third-order valence-corrected chi connectivity index (χ3v) is 6.25. The van der Waals surface area contributed by atoms with Crippen LogP contribution in [0.3, 0.4) is 0 Å². The van der Waals surface area contributed by atoms with Crippen molar-refractivity contribution in [1.82, 2.24) is 9.80 Å². The Balaban J connectivity index is 1.44. The summed E-state index contributed by atoms with van der Waals surface area (Å²) in [6.45, 7) is 2.98. The smallest absolute Gasteiger partial charge is 0.321 e. The number of rotatable bonds is 9. The average Bonchev–Trinajstić information content (AvgIpc) is 3.20. The fraction of sp³-hybridized carbons (Fsp3) is 0.435. The van der Waals surface area contributed by atoms with Crippen LogP contribution in [0.5, 0.6) is 5.75 Å². The second-order valence-electron chi connectivity index (χ2n) is 7.55. The first kappa shape index (κ1) is 22.5. The van der Waals surface area contributed by atoms with Crippen molar-refractivity contribution in [2.24, 2.45) is 0 Å². The second kappa shape index (κ2) is 11.2. The van der Waals surface area contributed by atoms with E-state index < -0.39 is 0 Å². The number of carbonyl (C=O) groups is 1. The highest BCUT2D eigenvalue weighted by Crippen LogP contribution is 2.24. The Hall–Kier alpha value is -2.22. The first-order valence-corrected chi connectivity index (χ1v) is 11.5. The number of anilines is 1. The number of para-hydroxylation sites is 1. The standard InChI is InChI=1S/C23H31N3O3S/c1-25(2)21-15-26(16-22(21)30-3)23(27)24-19-9-7-8-18(14-19)17-28-12-13-29-20-10-5-4-6-11-20/h4-11,14,21-22H,12-13,15-17H2,1-3H3,(H,24,27)/t21-,22-/m0/s1. The van der Waals surface area contributed by atoms with Crippen LogP contribution in [0, 0.1) is 0 Å². The van der Waals surface area contributed by atoms with Crippen LogP contribution < -0.4 is 10.1 Å². The van der Waals surface area contributed by atoms with Gasteiger partial charge in [0.25, 0.3) is 0 Å². The molecule has 1 fully saturated rings. The number of amides is 2. The predicted octanol–water partition coefficient (Wildman–Crippen LogP) is 3.79. The molecule has 3 rings (SSSR count). The van der Waals surface area contributed by atoms with E-state index >= 15 is 0 Å². The monoisotopic (exact) mass is 429 g/mol. The molecule has 0 unspecified atom stereocenters. The number of carbonyl (C=O) groups excluding carboxylic acids is 1. The lowest BCUT2D eigenvalue weighted by atomic mass is 10.2. The van der Waals surface area contributed by atoms with E-state index in [2.05, 4.69) is 30.6 Å². The van der Waals surface area contributed by atoms with Gasteiger partial charge in [-0.15, -0.1) is 0 Å². The van der Waals surface area contributed by atoms with Gasteiger partial charge in [-0.1, -0.05) is 30.3 Å². The zero-order valence-corrected chi connectivity index (χ0v) is 18.7. The van der Waals surface area contributed by atoms with Crippen LogP contribution in [-0.2, 0) is 11.3 Å². The number of likely N-dealkylation sites (tertiary alicyclic amines) is 1. The van der Waals surface area contributed by atoms with Crippen molar-refractivity contribution in [3.8, 4) is 5.75 Å². The van der Waals surface area contributed by atoms with Crippen LogP contribution in [-0.4, -0.2) is 73.8 Å². The van der Waals surface area contributed by atoms with Gasteiger partial charge in [0, 0.05) is 30.1 Å². The summed E-state index contributed by atoms with van der Waals surface area (Å²) in [5.74, 6) is 0.841. The molecule has 1 saturated heterocycles. The summed E-state index contributed by atoms with van der Waals surface area (Å²) in [6.07, 6.45) is 2.11. The molecule has 0 spiro atoms. The highest BCUT2D eigenvalue weighted by Gasteiger charge is 2.35. The predicted molar refractivity (Wildman–Crippen MR) is 123 cm³/mol. The lowest BCUT2D eigenvalue weighted by Gasteiger charge is -2.23. The lowest BCUT2D eigenvalue weighted by Crippen LogP contribution is -2.38. The molecule has 1 N–H and O–H groups in total. The molecule has 7 heteroatoms. The van der Waals surface area contributed by atoms with Crippen LogP contribution in [0.25, 0.3) is 0 Å². The normalized spacial score (nSPS) is 18.6. The van der Waals surface area contributed by atoms with Gasteiger partial charge in [0.15, 0.2) is 0 Å². The SMILES string of the molecule is CS[C@H]1CN(C(=O)Nc2cccc(COCCOc3ccccc3)c2)C[C@@H]1N(C)C. The summed E-state index contributed by atoms with van der Waals surface area (Å²) in [7, 11) is 4.15. The highest BCUT2D eigenvalue weighted by molar-refractivity contribution is 7.99. The summed E-state index contributed by atoms with van der Waals surface area (Å²) in [6, 6.07) is 17.8. The Bertz CT molecular complexity index is 803. The minimum absolute atomic E-state index is 0.0484. The number of urea groups is 1. The van der Waals surface area contributed by atoms with Crippen molar-refractivity contribution in [3.05, 3.63) is 60.2 Å². The van der Waals surface area contributed by atoms with Gasteiger partial charge < -0.3 is 24.6 Å². The second-order valence-corrected chi connectivity index (χ2v) is 8.63. The number of hydrogen-bond acceptors (Lipinski definition) is 5. The van der Waals surface area contributed by atoms with Gasteiger partial charge in [0.05, 0.1) is 13.2 Å². The number of likely N-dealkylation sites (N-methyl/N-ethyl adjacent to an activating group) is 1. The van der Waals surface area contributed by atoms with Crippen LogP contribution >= 0.6 is 11.8 Å². The summed E-state index contributed by atoms with van der Waals surface area (Å²) in [5.41, 5.74) is 1.80. The van der Waals surface area contributed by atoms with Crippen LogP contribution in [0.2, 0.25) is 0 Å². The molecular weight excluding hydrogens is 398 g/mol. The van der Waals surface area contributed by atoms with Gasteiger partial charge in [0.2, 0.25) is 0 Å². The maximum Gasteiger partial charge on any atom is 0.321 e. The fourth-order valence-electron chi connectivity index (χ4n) is 3.52. The van der Waals surface area contributed by atoms with Gasteiger partial charge in [-0.25, -0.2) is 4.79 Å². The zero-order chi connectivity index (χ0) is 21.3. The van der Waals surface area contributed by atoms with Gasteiger partial charge >= 0.3 is 6.03 Å². The molecule has 1 aliphatic rings. The number of benzene rings is 2. The summed E-state index contributed by atoms with van der Waals surface area (Å²) >= 11 is 1.82. The number of ether oxygens (including phenoxy) is 2. The van der Waals surface area contributed by atoms with Crippen LogP contribution in [0.1, 0.15) is 5.56 Å². The van der Waals surface area contributed by atoms with Crippen molar-refractivity contribution in [2.75, 3.05) is 52.0 Å². The minimum Gasteiger partial charge on any atom is -0.491 e. The number of thioether (sulfide) groups is 1. The van der Waals surface area contributed by atoms with E-state index in [1.807, 2.05) is 71.3 Å². The van der Waals surface area contributed by atoms with Crippen molar-refractivity contribution in [2.45, 2.75) is 17.9 Å². The molecular formula is C23H31N3O3S. The maximum atomic E-state index is 12.7. The molecule has 30 heavy (non-hydrogen) atoms. The van der Waals surface area contributed by atoms with E-state index in [-0.39, 0.29) is 6.03 Å². The molecule has 0 bridgehead atoms. The Kier molecular flexibility index (Phi) is 8.42.